The summed E-state index contributed by atoms with van der Waals surface area (Å²) in [6.45, 7) is 3.39. The van der Waals surface area contributed by atoms with Crippen LogP contribution in [0.1, 0.15) is 27.0 Å². The van der Waals surface area contributed by atoms with E-state index in [4.69, 9.17) is 24.3 Å². The van der Waals surface area contributed by atoms with Crippen LogP contribution in [-0.2, 0) is 23.4 Å². The highest BCUT2D eigenvalue weighted by molar-refractivity contribution is 7.52. The van der Waals surface area contributed by atoms with E-state index < -0.39 is 62.7 Å². The molecule has 0 spiro atoms. The first-order valence-corrected chi connectivity index (χ1v) is 14.4. The van der Waals surface area contributed by atoms with Gasteiger partial charge in [0.2, 0.25) is 5.95 Å². The molecule has 0 amide bonds. The Hall–Kier alpha value is -3.57. The van der Waals surface area contributed by atoms with Crippen molar-refractivity contribution in [3.63, 3.8) is 0 Å². The van der Waals surface area contributed by atoms with Gasteiger partial charge in [0.25, 0.3) is 5.67 Å². The van der Waals surface area contributed by atoms with Crippen molar-refractivity contribution in [3.8, 4) is 5.75 Å². The van der Waals surface area contributed by atoms with Crippen LogP contribution in [0.25, 0.3) is 11.2 Å². The van der Waals surface area contributed by atoms with Crippen molar-refractivity contribution in [2.45, 2.75) is 63.2 Å². The highest BCUT2D eigenvalue weighted by Crippen LogP contribution is 2.53. The van der Waals surface area contributed by atoms with Crippen molar-refractivity contribution >= 4 is 36.6 Å². The first-order chi connectivity index (χ1) is 20.1. The number of aliphatic hydroxyl groups is 1. The summed E-state index contributed by atoms with van der Waals surface area (Å²) in [6, 6.07) is 6.23. The molecule has 0 saturated carbocycles. The van der Waals surface area contributed by atoms with Crippen LogP contribution in [0.4, 0.5) is 29.3 Å². The van der Waals surface area contributed by atoms with Gasteiger partial charge in [-0.25, -0.2) is 13.9 Å². The van der Waals surface area contributed by atoms with E-state index in [9.17, 15) is 27.6 Å². The summed E-state index contributed by atoms with van der Waals surface area (Å²) in [7, 11) is -3.15. The number of esters is 1. The second kappa shape index (κ2) is 12.2. The monoisotopic (exact) mass is 635 g/mol. The molecular formula is C24H30F4N7O7P. The number of imidazole rings is 1. The predicted octanol–water partition coefficient (Wildman–Crippen LogP) is 3.11. The van der Waals surface area contributed by atoms with E-state index in [1.54, 1.807) is 19.9 Å². The maximum Gasteiger partial charge on any atom is 0.459 e. The lowest BCUT2D eigenvalue weighted by Gasteiger charge is -2.31. The number of aliphatic hydroxyl groups excluding tert-OH is 1. The fourth-order valence-electron chi connectivity index (χ4n) is 4.25. The number of nitrogens with zero attached hydrogens (tertiary/aromatic N) is 4. The van der Waals surface area contributed by atoms with Crippen molar-refractivity contribution in [1.82, 2.24) is 24.6 Å². The van der Waals surface area contributed by atoms with E-state index >= 15 is 4.39 Å². The average molecular weight is 636 g/mol. The molecule has 1 fully saturated rings. The number of nitrogens with one attached hydrogen (secondary N) is 2. The molecule has 4 rings (SSSR count). The Morgan fingerprint density at radius 1 is 1.26 bits per heavy atom. The quantitative estimate of drug-likeness (QED) is 0.137. The number of ether oxygens (including phenoxy) is 2. The molecule has 1 aliphatic heterocycles. The lowest BCUT2D eigenvalue weighted by molar-refractivity contribution is -0.273. The van der Waals surface area contributed by atoms with Crippen LogP contribution < -0.4 is 20.7 Å². The van der Waals surface area contributed by atoms with E-state index in [0.29, 0.717) is 4.57 Å². The highest BCUT2D eigenvalue weighted by Gasteiger charge is 2.73. The Balaban J connectivity index is 1.65. The number of hydrogen-bond acceptors (Lipinski definition) is 12. The number of rotatable bonds is 11. The predicted molar refractivity (Wildman–Crippen MR) is 144 cm³/mol. The Morgan fingerprint density at radius 3 is 2.53 bits per heavy atom. The minimum Gasteiger partial charge on any atom is -0.462 e. The smallest absolute Gasteiger partial charge is 0.459 e. The topological polar surface area (TPSA) is 185 Å². The molecule has 1 aliphatic rings. The molecule has 14 nitrogen and oxygen atoms in total. The molecule has 3 heterocycles. The van der Waals surface area contributed by atoms with E-state index in [0.717, 1.165) is 6.33 Å². The molecule has 2 aromatic heterocycles. The van der Waals surface area contributed by atoms with Crippen molar-refractivity contribution in [2.75, 3.05) is 24.7 Å². The third kappa shape index (κ3) is 6.52. The molecule has 19 heteroatoms. The molecule has 43 heavy (non-hydrogen) atoms. The number of fused-ring (bicyclic) bond motifs is 1. The third-order valence-corrected chi connectivity index (χ3v) is 7.89. The molecule has 0 aliphatic carbocycles. The maximum absolute atomic E-state index is 16.0. The molecule has 3 aromatic rings. The fraction of sp³-hybridized carbons (Fsp3) is 0.500. The van der Waals surface area contributed by atoms with Crippen LogP contribution in [-0.4, -0.2) is 80.4 Å². The molecule has 1 unspecified atom stereocenters. The van der Waals surface area contributed by atoms with Crippen molar-refractivity contribution in [2.24, 2.45) is 0 Å². The Kier molecular flexibility index (Phi) is 9.18. The average Bonchev–Trinajstić information content (AvgIpc) is 3.45. The number of para-hydroxylation sites is 1. The van der Waals surface area contributed by atoms with Crippen LogP contribution >= 0.6 is 7.75 Å². The number of nitrogen functional groups attached to an aromatic ring is 1. The SMILES string of the molecule is CNc1nc(N)nc2c1ncn2[C@@H]1O[C@H](COP(=O)(N[C@H](C)C(=O)OC(C)C)Oc2ccccc2)[C@@H](O)[C@]1(F)C(F)(F)F. The van der Waals surface area contributed by atoms with Gasteiger partial charge in [-0.2, -0.15) is 28.2 Å². The Morgan fingerprint density at radius 2 is 1.93 bits per heavy atom. The fourth-order valence-corrected chi connectivity index (χ4v) is 5.75. The summed E-state index contributed by atoms with van der Waals surface area (Å²) in [5.41, 5.74) is 0.881. The summed E-state index contributed by atoms with van der Waals surface area (Å²) in [5, 5.41) is 15.7. The van der Waals surface area contributed by atoms with Gasteiger partial charge in [0.05, 0.1) is 19.0 Å². The number of benzene rings is 1. The van der Waals surface area contributed by atoms with E-state index in [1.165, 1.54) is 38.2 Å². The largest absolute Gasteiger partial charge is 0.462 e. The zero-order valence-corrected chi connectivity index (χ0v) is 24.2. The molecule has 236 valence electrons. The van der Waals surface area contributed by atoms with Crippen LogP contribution in [0.2, 0.25) is 0 Å². The zero-order chi connectivity index (χ0) is 31.7. The molecule has 6 atom stereocenters. The van der Waals surface area contributed by atoms with Gasteiger partial charge in [0.1, 0.15) is 24.0 Å². The van der Waals surface area contributed by atoms with Crippen LogP contribution in [0.5, 0.6) is 5.75 Å². The molecular weight excluding hydrogens is 605 g/mol. The van der Waals surface area contributed by atoms with Crippen molar-refractivity contribution in [3.05, 3.63) is 36.7 Å². The minimum atomic E-state index is -5.68. The van der Waals surface area contributed by atoms with Gasteiger partial charge in [-0.3, -0.25) is 13.9 Å². The molecule has 0 radical (unpaired) electrons. The van der Waals surface area contributed by atoms with E-state index in [2.05, 4.69) is 25.4 Å². The Labute approximate surface area is 242 Å². The van der Waals surface area contributed by atoms with Gasteiger partial charge in [0.15, 0.2) is 23.2 Å². The summed E-state index contributed by atoms with van der Waals surface area (Å²) in [4.78, 5) is 24.1. The van der Waals surface area contributed by atoms with Gasteiger partial charge in [0, 0.05) is 7.05 Å². The maximum atomic E-state index is 16.0. The lowest BCUT2D eigenvalue weighted by Crippen LogP contribution is -2.54. The van der Waals surface area contributed by atoms with Gasteiger partial charge in [-0.05, 0) is 32.9 Å². The standard InChI is InChI=1S/C24H30F4N7O7P/c1-12(2)40-20(37)13(3)34-43(38,42-14-8-6-5-7-9-14)39-10-15-17(36)23(25,24(26,27)28)21(41-15)35-11-31-16-18(30-4)32-22(29)33-19(16)35/h5-9,11-13,15,17,21,36H,10H2,1-4H3,(H,34,38)(H3,29,30,32,33)/t13-,15-,17-,21-,23-,43?/m1/s1. The molecule has 5 N–H and O–H groups in total. The summed E-state index contributed by atoms with van der Waals surface area (Å²) < 4.78 is 94.4. The number of hydrogen-bond donors (Lipinski definition) is 4. The third-order valence-electron chi connectivity index (χ3n) is 6.24. The first kappa shape index (κ1) is 32.3. The first-order valence-electron chi connectivity index (χ1n) is 12.8. The second-order valence-electron chi connectivity index (χ2n) is 9.78. The number of halogens is 4. The summed E-state index contributed by atoms with van der Waals surface area (Å²) >= 11 is 0. The Bertz CT molecular complexity index is 1500. The summed E-state index contributed by atoms with van der Waals surface area (Å²) in [6.07, 6.45) is -12.9. The number of carbonyl (C=O) groups excluding carboxylic acids is 1. The normalized spacial score (nSPS) is 24.6. The minimum absolute atomic E-state index is 0.00570. The molecule has 1 aromatic carbocycles. The number of nitrogens with two attached hydrogens (primary N) is 1. The van der Waals surface area contributed by atoms with Gasteiger partial charge < -0.3 is 30.2 Å². The van der Waals surface area contributed by atoms with Crippen LogP contribution in [0.3, 0.4) is 0 Å². The van der Waals surface area contributed by atoms with Gasteiger partial charge >= 0.3 is 19.9 Å². The van der Waals surface area contributed by atoms with E-state index in [-0.39, 0.29) is 28.7 Å². The van der Waals surface area contributed by atoms with Gasteiger partial charge in [-0.1, -0.05) is 18.2 Å². The molecule has 1 saturated heterocycles. The second-order valence-corrected chi connectivity index (χ2v) is 11.5. The highest BCUT2D eigenvalue weighted by atomic mass is 31.2. The van der Waals surface area contributed by atoms with Crippen LogP contribution in [0.15, 0.2) is 36.7 Å². The lowest BCUT2D eigenvalue weighted by atomic mass is 9.95. The number of anilines is 2. The van der Waals surface area contributed by atoms with Crippen LogP contribution in [0, 0.1) is 0 Å². The number of aromatic nitrogens is 4. The molecule has 0 bridgehead atoms. The number of alkyl halides is 4. The van der Waals surface area contributed by atoms with Crippen molar-refractivity contribution in [1.29, 1.82) is 0 Å². The number of carbonyl (C=O) groups is 1. The zero-order valence-electron chi connectivity index (χ0n) is 23.3. The summed E-state index contributed by atoms with van der Waals surface area (Å²) in [5.74, 6) is -1.14. The van der Waals surface area contributed by atoms with Gasteiger partial charge in [-0.15, -0.1) is 0 Å². The van der Waals surface area contributed by atoms with E-state index in [1.807, 2.05) is 0 Å². The van der Waals surface area contributed by atoms with Crippen molar-refractivity contribution < 1.29 is 50.5 Å².